The summed E-state index contributed by atoms with van der Waals surface area (Å²) in [7, 11) is 0. The molecule has 1 aromatic carbocycles. The van der Waals surface area contributed by atoms with Crippen LogP contribution in [0.25, 0.3) is 5.57 Å². The molecule has 212 valence electrons. The largest absolute Gasteiger partial charge is 0.478 e. The molecule has 1 aliphatic carbocycles. The smallest absolute Gasteiger partial charge is 0.336 e. The summed E-state index contributed by atoms with van der Waals surface area (Å²) in [6, 6.07) is 7.75. The second-order valence-electron chi connectivity index (χ2n) is 10.5. The lowest BCUT2D eigenvalue weighted by atomic mass is 9.73. The average Bonchev–Trinajstić information content (AvgIpc) is 2.90. The van der Waals surface area contributed by atoms with Gasteiger partial charge >= 0.3 is 11.9 Å². The number of carboxylic acid groups (broad SMARTS) is 1. The molecule has 0 bridgehead atoms. The van der Waals surface area contributed by atoms with Gasteiger partial charge in [0.25, 0.3) is 0 Å². The number of ether oxygens (including phenoxy) is 1. The summed E-state index contributed by atoms with van der Waals surface area (Å²) in [5.41, 5.74) is -3.65. The number of aliphatic carboxylic acids is 1. The summed E-state index contributed by atoms with van der Waals surface area (Å²) >= 11 is 0. The highest BCUT2D eigenvalue weighted by molar-refractivity contribution is 6.06. The summed E-state index contributed by atoms with van der Waals surface area (Å²) in [5.74, 6) is -6.65. The number of rotatable bonds is 19. The molecule has 1 aromatic rings. The van der Waals surface area contributed by atoms with E-state index in [1.807, 2.05) is 0 Å². The van der Waals surface area contributed by atoms with E-state index >= 15 is 8.78 Å². The van der Waals surface area contributed by atoms with E-state index in [2.05, 4.69) is 13.8 Å². The van der Waals surface area contributed by atoms with Gasteiger partial charge in [-0.15, -0.1) is 0 Å². The third-order valence-electron chi connectivity index (χ3n) is 7.46. The monoisotopic (exact) mass is 532 g/mol. The number of carbonyl (C=O) groups is 2. The van der Waals surface area contributed by atoms with Gasteiger partial charge in [-0.2, -0.15) is 8.78 Å². The van der Waals surface area contributed by atoms with E-state index in [1.54, 1.807) is 25.1 Å². The molecule has 0 radical (unpaired) electrons. The predicted octanol–water partition coefficient (Wildman–Crippen LogP) is 8.80. The fourth-order valence-electron chi connectivity index (χ4n) is 5.15. The molecule has 0 amide bonds. The Balaban J connectivity index is 2.33. The lowest BCUT2D eigenvalue weighted by molar-refractivity contribution is -0.177. The van der Waals surface area contributed by atoms with Gasteiger partial charge in [0.05, 0.1) is 5.57 Å². The van der Waals surface area contributed by atoms with Crippen molar-refractivity contribution in [1.29, 1.82) is 0 Å². The molecule has 1 N–H and O–H groups in total. The minimum atomic E-state index is -3.86. The Morgan fingerprint density at radius 2 is 1.42 bits per heavy atom. The fraction of sp³-hybridized carbons (Fsp3) is 0.625. The van der Waals surface area contributed by atoms with Crippen LogP contribution in [-0.2, 0) is 14.3 Å². The van der Waals surface area contributed by atoms with Gasteiger partial charge in [0.2, 0.25) is 5.60 Å². The third kappa shape index (κ3) is 8.08. The Kier molecular flexibility index (Phi) is 13.4. The molecule has 0 aliphatic heterocycles. The third-order valence-corrected chi connectivity index (χ3v) is 7.46. The fourth-order valence-corrected chi connectivity index (χ4v) is 5.15. The molecular weight excluding hydrogens is 486 g/mol. The molecule has 0 aromatic heterocycles. The normalized spacial score (nSPS) is 19.5. The molecule has 0 saturated carbocycles. The van der Waals surface area contributed by atoms with Crippen molar-refractivity contribution in [2.24, 2.45) is 5.92 Å². The first-order chi connectivity index (χ1) is 18.2. The Morgan fingerprint density at radius 1 is 0.868 bits per heavy atom. The van der Waals surface area contributed by atoms with Crippen LogP contribution in [0.3, 0.4) is 0 Å². The van der Waals surface area contributed by atoms with Crippen molar-refractivity contribution in [1.82, 2.24) is 0 Å². The quantitative estimate of drug-likeness (QED) is 0.181. The molecule has 0 heterocycles. The minimum absolute atomic E-state index is 0.00709. The van der Waals surface area contributed by atoms with E-state index in [0.717, 1.165) is 76.4 Å². The Labute approximate surface area is 227 Å². The second-order valence-corrected chi connectivity index (χ2v) is 10.5. The SMILES string of the molecule is CCCCCCCCCOC1(C(=O)C(C)CCCCCCC)C=CC(C(=O)O)=C(c2ccccc2)C1(F)F. The molecule has 2 unspecified atom stereocenters. The molecule has 1 aliphatic rings. The van der Waals surface area contributed by atoms with Crippen molar-refractivity contribution in [2.45, 2.75) is 116 Å². The molecule has 4 nitrogen and oxygen atoms in total. The summed E-state index contributed by atoms with van der Waals surface area (Å²) in [5, 5.41) is 9.77. The zero-order chi connectivity index (χ0) is 28.0. The summed E-state index contributed by atoms with van der Waals surface area (Å²) in [6.45, 7) is 5.97. The standard InChI is InChI=1S/C32H46F2O4/c1-4-6-8-10-11-13-18-24-38-31(29(35)25(3)19-15-12-9-7-5-2)23-22-27(30(36)37)28(32(31,33)34)26-20-16-14-17-21-26/h14,16-17,20-23,25H,4-13,15,18-19,24H2,1-3H3,(H,36,37). The first kappa shape index (κ1) is 31.9. The van der Waals surface area contributed by atoms with Crippen LogP contribution in [-0.4, -0.2) is 35.0 Å². The first-order valence-corrected chi connectivity index (χ1v) is 14.5. The van der Waals surface area contributed by atoms with Gasteiger partial charge in [-0.25, -0.2) is 4.79 Å². The topological polar surface area (TPSA) is 63.6 Å². The summed E-state index contributed by atoms with van der Waals surface area (Å²) in [6.07, 6.45) is 14.6. The zero-order valence-electron chi connectivity index (χ0n) is 23.4. The Bertz CT molecular complexity index is 938. The van der Waals surface area contributed by atoms with Gasteiger partial charge in [-0.3, -0.25) is 4.79 Å². The van der Waals surface area contributed by atoms with Gasteiger partial charge in [0.15, 0.2) is 5.78 Å². The number of carboxylic acids is 1. The molecule has 6 heteroatoms. The number of halogens is 2. The maximum absolute atomic E-state index is 16.6. The second kappa shape index (κ2) is 15.9. The van der Waals surface area contributed by atoms with Gasteiger partial charge in [0, 0.05) is 18.1 Å². The number of carbonyl (C=O) groups excluding carboxylic acids is 1. The molecule has 0 fully saturated rings. The van der Waals surface area contributed by atoms with Crippen molar-refractivity contribution in [3.8, 4) is 0 Å². The van der Waals surface area contributed by atoms with Crippen LogP contribution in [0, 0.1) is 5.92 Å². The van der Waals surface area contributed by atoms with Gasteiger partial charge < -0.3 is 9.84 Å². The Morgan fingerprint density at radius 3 is 2.00 bits per heavy atom. The maximum Gasteiger partial charge on any atom is 0.336 e. The molecule has 2 atom stereocenters. The van der Waals surface area contributed by atoms with Crippen LogP contribution in [0.2, 0.25) is 0 Å². The predicted molar refractivity (Wildman–Crippen MR) is 149 cm³/mol. The van der Waals surface area contributed by atoms with Crippen LogP contribution >= 0.6 is 0 Å². The van der Waals surface area contributed by atoms with E-state index < -0.39 is 40.3 Å². The van der Waals surface area contributed by atoms with Crippen molar-refractivity contribution in [3.63, 3.8) is 0 Å². The van der Waals surface area contributed by atoms with Crippen LogP contribution in [0.5, 0.6) is 0 Å². The minimum Gasteiger partial charge on any atom is -0.478 e. The number of unbranched alkanes of at least 4 members (excludes halogenated alkanes) is 10. The highest BCUT2D eigenvalue weighted by atomic mass is 19.3. The van der Waals surface area contributed by atoms with E-state index in [9.17, 15) is 14.7 Å². The molecule has 38 heavy (non-hydrogen) atoms. The van der Waals surface area contributed by atoms with Crippen molar-refractivity contribution in [2.75, 3.05) is 6.61 Å². The number of hydrogen-bond acceptors (Lipinski definition) is 3. The summed E-state index contributed by atoms with van der Waals surface area (Å²) < 4.78 is 39.1. The van der Waals surface area contributed by atoms with Crippen molar-refractivity contribution in [3.05, 3.63) is 53.6 Å². The highest BCUT2D eigenvalue weighted by Gasteiger charge is 2.63. The van der Waals surface area contributed by atoms with Crippen LogP contribution in [0.15, 0.2) is 48.1 Å². The van der Waals surface area contributed by atoms with Gasteiger partial charge in [-0.1, -0.05) is 122 Å². The maximum atomic E-state index is 16.6. The van der Waals surface area contributed by atoms with Crippen LogP contribution in [0.4, 0.5) is 8.78 Å². The number of Topliss-reactive ketones (excluding diaryl/α,β-unsaturated/α-hetero) is 1. The molecule has 0 spiro atoms. The van der Waals surface area contributed by atoms with E-state index in [4.69, 9.17) is 4.74 Å². The van der Waals surface area contributed by atoms with E-state index in [-0.39, 0.29) is 12.2 Å². The lowest BCUT2D eigenvalue weighted by Gasteiger charge is -2.42. The number of benzene rings is 1. The number of alkyl halides is 2. The van der Waals surface area contributed by atoms with Crippen LogP contribution < -0.4 is 0 Å². The van der Waals surface area contributed by atoms with Crippen molar-refractivity contribution >= 4 is 17.3 Å². The average molecular weight is 533 g/mol. The van der Waals surface area contributed by atoms with Gasteiger partial charge in [0.1, 0.15) is 0 Å². The van der Waals surface area contributed by atoms with Gasteiger partial charge in [-0.05, 0) is 30.6 Å². The van der Waals surface area contributed by atoms with E-state index in [1.165, 1.54) is 18.6 Å². The Hall–Kier alpha value is -2.34. The van der Waals surface area contributed by atoms with Crippen molar-refractivity contribution < 1.29 is 28.2 Å². The molecule has 0 saturated heterocycles. The molecule has 2 rings (SSSR count). The highest BCUT2D eigenvalue weighted by Crippen LogP contribution is 2.50. The number of ketones is 1. The van der Waals surface area contributed by atoms with E-state index in [0.29, 0.717) is 12.8 Å². The first-order valence-electron chi connectivity index (χ1n) is 14.5. The summed E-state index contributed by atoms with van der Waals surface area (Å²) in [4.78, 5) is 25.8. The molecular formula is C32H46F2O4. The van der Waals surface area contributed by atoms with Crippen LogP contribution in [0.1, 0.15) is 110 Å². The number of hydrogen-bond donors (Lipinski definition) is 1. The lowest BCUT2D eigenvalue weighted by Crippen LogP contribution is -2.59. The zero-order valence-corrected chi connectivity index (χ0v) is 23.4.